The van der Waals surface area contributed by atoms with Crippen LogP contribution in [0.25, 0.3) is 11.4 Å². The van der Waals surface area contributed by atoms with Gasteiger partial charge in [0.15, 0.2) is 0 Å². The molecule has 0 radical (unpaired) electrons. The predicted molar refractivity (Wildman–Crippen MR) is 99.7 cm³/mol. The van der Waals surface area contributed by atoms with Crippen LogP contribution in [0.2, 0.25) is 0 Å². The van der Waals surface area contributed by atoms with Crippen molar-refractivity contribution in [3.05, 3.63) is 66.1 Å². The predicted octanol–water partition coefficient (Wildman–Crippen LogP) is 4.33. The van der Waals surface area contributed by atoms with Crippen molar-refractivity contribution in [2.75, 3.05) is 14.1 Å². The summed E-state index contributed by atoms with van der Waals surface area (Å²) in [5.74, 6) is 2.64. The topological polar surface area (TPSA) is 51.4 Å². The Morgan fingerprint density at radius 1 is 1.08 bits per heavy atom. The molecule has 0 amide bonds. The maximum atomic E-state index is 6.02. The molecular formula is C21H23N3O2. The SMILES string of the molecule is CN(C)[C@@H](c1nc(-c2ccccc2OCc2ccccc2)no1)C1CC1. The lowest BCUT2D eigenvalue weighted by Crippen LogP contribution is -2.22. The van der Waals surface area contributed by atoms with E-state index >= 15 is 0 Å². The molecule has 1 saturated carbocycles. The molecule has 5 nitrogen and oxygen atoms in total. The van der Waals surface area contributed by atoms with Gasteiger partial charge in [0, 0.05) is 0 Å². The number of hydrogen-bond acceptors (Lipinski definition) is 5. The zero-order chi connectivity index (χ0) is 17.9. The lowest BCUT2D eigenvalue weighted by molar-refractivity contribution is 0.207. The second-order valence-corrected chi connectivity index (χ2v) is 6.97. The summed E-state index contributed by atoms with van der Waals surface area (Å²) in [5.41, 5.74) is 1.98. The monoisotopic (exact) mass is 349 g/mol. The molecule has 1 fully saturated rings. The van der Waals surface area contributed by atoms with Gasteiger partial charge < -0.3 is 9.26 Å². The van der Waals surface area contributed by atoms with Gasteiger partial charge in [-0.05, 0) is 50.6 Å². The minimum Gasteiger partial charge on any atom is -0.488 e. The smallest absolute Gasteiger partial charge is 0.244 e. The Morgan fingerprint density at radius 2 is 1.81 bits per heavy atom. The highest BCUT2D eigenvalue weighted by Crippen LogP contribution is 2.43. The maximum absolute atomic E-state index is 6.02. The van der Waals surface area contributed by atoms with E-state index in [0.29, 0.717) is 24.2 Å². The molecule has 2 aromatic carbocycles. The van der Waals surface area contributed by atoms with Crippen LogP contribution in [0.15, 0.2) is 59.1 Å². The van der Waals surface area contributed by atoms with E-state index in [4.69, 9.17) is 9.26 Å². The molecule has 3 aromatic rings. The second-order valence-electron chi connectivity index (χ2n) is 6.97. The zero-order valence-electron chi connectivity index (χ0n) is 15.1. The highest BCUT2D eigenvalue weighted by molar-refractivity contribution is 5.63. The first-order chi connectivity index (χ1) is 12.7. The number of rotatable bonds is 7. The Labute approximate surface area is 153 Å². The summed E-state index contributed by atoms with van der Waals surface area (Å²) in [5, 5.41) is 4.22. The number of hydrogen-bond donors (Lipinski definition) is 0. The molecule has 1 atom stereocenters. The van der Waals surface area contributed by atoms with Crippen molar-refractivity contribution in [1.82, 2.24) is 15.0 Å². The third kappa shape index (κ3) is 3.63. The van der Waals surface area contributed by atoms with Gasteiger partial charge in [0.1, 0.15) is 12.4 Å². The van der Waals surface area contributed by atoms with Crippen LogP contribution >= 0.6 is 0 Å². The van der Waals surface area contributed by atoms with Gasteiger partial charge in [-0.15, -0.1) is 0 Å². The molecule has 1 aromatic heterocycles. The van der Waals surface area contributed by atoms with Crippen LogP contribution in [-0.4, -0.2) is 29.1 Å². The molecule has 1 heterocycles. The molecule has 0 saturated heterocycles. The van der Waals surface area contributed by atoms with E-state index in [1.165, 1.54) is 12.8 Å². The number of aromatic nitrogens is 2. The highest BCUT2D eigenvalue weighted by atomic mass is 16.5. The fourth-order valence-electron chi connectivity index (χ4n) is 3.23. The summed E-state index contributed by atoms with van der Waals surface area (Å²) in [6, 6.07) is 18.1. The molecule has 1 aliphatic rings. The van der Waals surface area contributed by atoms with Gasteiger partial charge in [0.25, 0.3) is 0 Å². The van der Waals surface area contributed by atoms with E-state index in [0.717, 1.165) is 16.9 Å². The van der Waals surface area contributed by atoms with Crippen molar-refractivity contribution in [1.29, 1.82) is 0 Å². The van der Waals surface area contributed by atoms with Crippen molar-refractivity contribution < 1.29 is 9.26 Å². The van der Waals surface area contributed by atoms with Gasteiger partial charge in [-0.1, -0.05) is 47.6 Å². The number of ether oxygens (including phenoxy) is 1. The summed E-state index contributed by atoms with van der Waals surface area (Å²) in [7, 11) is 4.12. The summed E-state index contributed by atoms with van der Waals surface area (Å²) < 4.78 is 11.6. The first kappa shape index (κ1) is 16.8. The van der Waals surface area contributed by atoms with Crippen LogP contribution in [0.4, 0.5) is 0 Å². The Bertz CT molecular complexity index is 854. The summed E-state index contributed by atoms with van der Waals surface area (Å²) in [6.45, 7) is 0.505. The van der Waals surface area contributed by atoms with Crippen molar-refractivity contribution in [3.8, 4) is 17.1 Å². The molecule has 1 aliphatic carbocycles. The van der Waals surface area contributed by atoms with E-state index in [-0.39, 0.29) is 6.04 Å². The van der Waals surface area contributed by atoms with Crippen LogP contribution in [0, 0.1) is 5.92 Å². The van der Waals surface area contributed by atoms with E-state index in [2.05, 4.69) is 29.1 Å². The molecule has 0 spiro atoms. The summed E-state index contributed by atoms with van der Waals surface area (Å²) in [6.07, 6.45) is 2.44. The average Bonchev–Trinajstić information content (AvgIpc) is 3.37. The molecule has 0 aliphatic heterocycles. The number of benzene rings is 2. The van der Waals surface area contributed by atoms with Gasteiger partial charge in [0.05, 0.1) is 11.6 Å². The lowest BCUT2D eigenvalue weighted by atomic mass is 10.1. The maximum Gasteiger partial charge on any atom is 0.244 e. The van der Waals surface area contributed by atoms with Gasteiger partial charge in [-0.25, -0.2) is 0 Å². The van der Waals surface area contributed by atoms with E-state index in [1.807, 2.05) is 54.6 Å². The van der Waals surface area contributed by atoms with Gasteiger partial charge in [0.2, 0.25) is 11.7 Å². The largest absolute Gasteiger partial charge is 0.488 e. The highest BCUT2D eigenvalue weighted by Gasteiger charge is 2.37. The van der Waals surface area contributed by atoms with E-state index in [1.54, 1.807) is 0 Å². The third-order valence-corrected chi connectivity index (χ3v) is 4.68. The van der Waals surface area contributed by atoms with Crippen LogP contribution in [0.5, 0.6) is 5.75 Å². The van der Waals surface area contributed by atoms with Crippen molar-refractivity contribution in [3.63, 3.8) is 0 Å². The Morgan fingerprint density at radius 3 is 2.54 bits per heavy atom. The fraction of sp³-hybridized carbons (Fsp3) is 0.333. The van der Waals surface area contributed by atoms with Gasteiger partial charge >= 0.3 is 0 Å². The summed E-state index contributed by atoms with van der Waals surface area (Å²) in [4.78, 5) is 6.84. The summed E-state index contributed by atoms with van der Waals surface area (Å²) >= 11 is 0. The molecule has 0 unspecified atom stereocenters. The molecule has 134 valence electrons. The Kier molecular flexibility index (Phi) is 4.71. The molecular weight excluding hydrogens is 326 g/mol. The molecule has 4 rings (SSSR count). The lowest BCUT2D eigenvalue weighted by Gasteiger charge is -2.19. The molecule has 5 heteroatoms. The van der Waals surface area contributed by atoms with Gasteiger partial charge in [-0.3, -0.25) is 4.90 Å². The van der Waals surface area contributed by atoms with Gasteiger partial charge in [-0.2, -0.15) is 4.98 Å². The second kappa shape index (κ2) is 7.30. The Hall–Kier alpha value is -2.66. The minimum atomic E-state index is 0.189. The fourth-order valence-corrected chi connectivity index (χ4v) is 3.23. The minimum absolute atomic E-state index is 0.189. The normalized spacial score (nSPS) is 15.2. The molecule has 0 bridgehead atoms. The number of nitrogens with zero attached hydrogens (tertiary/aromatic N) is 3. The first-order valence-electron chi connectivity index (χ1n) is 8.98. The third-order valence-electron chi connectivity index (χ3n) is 4.68. The van der Waals surface area contributed by atoms with Crippen molar-refractivity contribution in [2.24, 2.45) is 5.92 Å². The Balaban J connectivity index is 1.56. The number of para-hydroxylation sites is 1. The zero-order valence-corrected chi connectivity index (χ0v) is 15.1. The van der Waals surface area contributed by atoms with Crippen LogP contribution in [-0.2, 0) is 6.61 Å². The molecule has 0 N–H and O–H groups in total. The van der Waals surface area contributed by atoms with E-state index in [9.17, 15) is 0 Å². The van der Waals surface area contributed by atoms with E-state index < -0.39 is 0 Å². The van der Waals surface area contributed by atoms with Crippen LogP contribution < -0.4 is 4.74 Å². The van der Waals surface area contributed by atoms with Crippen LogP contribution in [0.3, 0.4) is 0 Å². The van der Waals surface area contributed by atoms with Crippen LogP contribution in [0.1, 0.15) is 30.3 Å². The standard InChI is InChI=1S/C21H23N3O2/c1-24(2)19(16-12-13-16)21-22-20(23-26-21)17-10-6-7-11-18(17)25-14-15-8-4-3-5-9-15/h3-11,16,19H,12-14H2,1-2H3/t19-/m1/s1. The van der Waals surface area contributed by atoms with Crippen molar-refractivity contribution in [2.45, 2.75) is 25.5 Å². The quantitative estimate of drug-likeness (QED) is 0.635. The average molecular weight is 349 g/mol. The first-order valence-corrected chi connectivity index (χ1v) is 8.98. The van der Waals surface area contributed by atoms with Crippen molar-refractivity contribution >= 4 is 0 Å². The molecule has 26 heavy (non-hydrogen) atoms.